The van der Waals surface area contributed by atoms with Gasteiger partial charge in [0, 0.05) is 19.6 Å². The average Bonchev–Trinajstić information content (AvgIpc) is 2.65. The Labute approximate surface area is 162 Å². The van der Waals surface area contributed by atoms with Crippen LogP contribution >= 0.6 is 0 Å². The monoisotopic (exact) mass is 374 g/mol. The lowest BCUT2D eigenvalue weighted by molar-refractivity contribution is 0.0482. The highest BCUT2D eigenvalue weighted by Crippen LogP contribution is 2.15. The third-order valence-corrected chi connectivity index (χ3v) is 4.81. The first-order valence-electron chi connectivity index (χ1n) is 10.9. The van der Waals surface area contributed by atoms with Gasteiger partial charge in [0.1, 0.15) is 0 Å². The summed E-state index contributed by atoms with van der Waals surface area (Å²) < 4.78 is 10.9. The van der Waals surface area contributed by atoms with Gasteiger partial charge in [0.05, 0.1) is 32.5 Å². The summed E-state index contributed by atoms with van der Waals surface area (Å²) in [4.78, 5) is 0. The molecule has 0 bridgehead atoms. The number of ether oxygens (including phenoxy) is 2. The van der Waals surface area contributed by atoms with Crippen LogP contribution < -0.4 is 10.6 Å². The molecule has 0 saturated carbocycles. The molecule has 0 spiro atoms. The quantitative estimate of drug-likeness (QED) is 0.269. The summed E-state index contributed by atoms with van der Waals surface area (Å²) in [6, 6.07) is 0. The Kier molecular flexibility index (Phi) is 20.9. The Morgan fingerprint density at radius 1 is 0.808 bits per heavy atom. The second kappa shape index (κ2) is 21.1. The second-order valence-corrected chi connectivity index (χ2v) is 7.34. The summed E-state index contributed by atoms with van der Waals surface area (Å²) in [5.41, 5.74) is 0. The lowest BCUT2D eigenvalue weighted by atomic mass is 9.96. The van der Waals surface area contributed by atoms with E-state index >= 15 is 0 Å². The van der Waals surface area contributed by atoms with Crippen molar-refractivity contribution in [2.75, 3.05) is 53.1 Å². The van der Waals surface area contributed by atoms with Crippen LogP contribution in [0.2, 0.25) is 0 Å². The molecule has 5 nitrogen and oxygen atoms in total. The van der Waals surface area contributed by atoms with Gasteiger partial charge in [0.15, 0.2) is 0 Å². The van der Waals surface area contributed by atoms with E-state index in [9.17, 15) is 5.11 Å². The Bertz CT molecular complexity index is 268. The van der Waals surface area contributed by atoms with Crippen molar-refractivity contribution < 1.29 is 14.6 Å². The summed E-state index contributed by atoms with van der Waals surface area (Å²) in [5, 5.41) is 16.5. The van der Waals surface area contributed by atoms with Crippen LogP contribution in [0.15, 0.2) is 0 Å². The number of rotatable bonds is 21. The van der Waals surface area contributed by atoms with Gasteiger partial charge in [-0.25, -0.2) is 0 Å². The van der Waals surface area contributed by atoms with Crippen molar-refractivity contribution in [2.45, 2.75) is 77.7 Å². The second-order valence-electron chi connectivity index (χ2n) is 7.34. The number of hydrogen-bond acceptors (Lipinski definition) is 5. The fourth-order valence-electron chi connectivity index (χ4n) is 2.88. The number of hydrogen-bond donors (Lipinski definition) is 3. The minimum Gasteiger partial charge on any atom is -0.392 e. The highest BCUT2D eigenvalue weighted by Gasteiger charge is 2.13. The molecule has 0 fully saturated rings. The summed E-state index contributed by atoms with van der Waals surface area (Å²) >= 11 is 0. The maximum atomic E-state index is 10.2. The van der Waals surface area contributed by atoms with E-state index in [4.69, 9.17) is 9.47 Å². The SMILES string of the molecule is CCCCCCCCCCC(C)C(O)CNCCOCCOCCNC. The van der Waals surface area contributed by atoms with Gasteiger partial charge >= 0.3 is 0 Å². The van der Waals surface area contributed by atoms with Crippen molar-refractivity contribution in [3.63, 3.8) is 0 Å². The smallest absolute Gasteiger partial charge is 0.0701 e. The zero-order chi connectivity index (χ0) is 19.3. The third-order valence-electron chi connectivity index (χ3n) is 4.81. The van der Waals surface area contributed by atoms with E-state index in [0.717, 1.165) is 26.1 Å². The maximum Gasteiger partial charge on any atom is 0.0701 e. The van der Waals surface area contributed by atoms with Crippen molar-refractivity contribution in [3.05, 3.63) is 0 Å². The summed E-state index contributed by atoms with van der Waals surface area (Å²) in [7, 11) is 1.91. The predicted octanol–water partition coefficient (Wildman–Crippen LogP) is 3.36. The highest BCUT2D eigenvalue weighted by molar-refractivity contribution is 4.67. The third kappa shape index (κ3) is 18.6. The van der Waals surface area contributed by atoms with Gasteiger partial charge in [-0.3, -0.25) is 0 Å². The first kappa shape index (κ1) is 25.8. The fourth-order valence-corrected chi connectivity index (χ4v) is 2.88. The standard InChI is InChI=1S/C21H46N2O3/c1-4-5-6-7-8-9-10-11-12-20(2)21(24)19-23-14-16-26-18-17-25-15-13-22-3/h20-24H,4-19H2,1-3H3. The molecule has 0 heterocycles. The molecule has 0 aromatic carbocycles. The van der Waals surface area contributed by atoms with E-state index in [1.165, 1.54) is 51.4 Å². The minimum absolute atomic E-state index is 0.260. The zero-order valence-corrected chi connectivity index (χ0v) is 17.7. The highest BCUT2D eigenvalue weighted by atomic mass is 16.5. The van der Waals surface area contributed by atoms with Gasteiger partial charge in [-0.2, -0.15) is 0 Å². The molecule has 0 rings (SSSR count). The molecular formula is C21H46N2O3. The Morgan fingerprint density at radius 3 is 2.00 bits per heavy atom. The van der Waals surface area contributed by atoms with Crippen LogP contribution in [0.1, 0.15) is 71.6 Å². The number of aliphatic hydroxyl groups is 1. The molecule has 158 valence electrons. The van der Waals surface area contributed by atoms with Crippen LogP contribution in [0.5, 0.6) is 0 Å². The van der Waals surface area contributed by atoms with Crippen molar-refractivity contribution in [1.82, 2.24) is 10.6 Å². The van der Waals surface area contributed by atoms with Gasteiger partial charge < -0.3 is 25.2 Å². The predicted molar refractivity (Wildman–Crippen MR) is 111 cm³/mol. The van der Waals surface area contributed by atoms with Crippen molar-refractivity contribution >= 4 is 0 Å². The topological polar surface area (TPSA) is 62.8 Å². The van der Waals surface area contributed by atoms with Gasteiger partial charge in [-0.15, -0.1) is 0 Å². The molecular weight excluding hydrogens is 328 g/mol. The van der Waals surface area contributed by atoms with E-state index in [1.54, 1.807) is 0 Å². The average molecular weight is 375 g/mol. The Hall–Kier alpha value is -0.200. The summed E-state index contributed by atoms with van der Waals surface area (Å²) in [5.74, 6) is 0.365. The molecule has 0 aromatic heterocycles. The molecule has 0 aliphatic heterocycles. The van der Waals surface area contributed by atoms with Gasteiger partial charge in [-0.05, 0) is 19.4 Å². The zero-order valence-electron chi connectivity index (χ0n) is 17.7. The lowest BCUT2D eigenvalue weighted by Crippen LogP contribution is -2.33. The fraction of sp³-hybridized carbons (Fsp3) is 1.00. The molecule has 26 heavy (non-hydrogen) atoms. The van der Waals surface area contributed by atoms with Crippen LogP contribution in [0.4, 0.5) is 0 Å². The first-order chi connectivity index (χ1) is 12.7. The number of aliphatic hydroxyl groups excluding tert-OH is 1. The molecule has 0 saturated heterocycles. The van der Waals surface area contributed by atoms with Gasteiger partial charge in [-0.1, -0.05) is 65.2 Å². The van der Waals surface area contributed by atoms with Gasteiger partial charge in [0.25, 0.3) is 0 Å². The van der Waals surface area contributed by atoms with Gasteiger partial charge in [0.2, 0.25) is 0 Å². The van der Waals surface area contributed by atoms with Crippen LogP contribution in [-0.4, -0.2) is 64.3 Å². The number of unbranched alkanes of at least 4 members (excludes halogenated alkanes) is 7. The molecule has 0 aliphatic carbocycles. The van der Waals surface area contributed by atoms with E-state index < -0.39 is 0 Å². The lowest BCUT2D eigenvalue weighted by Gasteiger charge is -2.19. The molecule has 5 heteroatoms. The molecule has 0 radical (unpaired) electrons. The minimum atomic E-state index is -0.260. The molecule has 0 aliphatic rings. The Morgan fingerprint density at radius 2 is 1.38 bits per heavy atom. The molecule has 0 amide bonds. The molecule has 2 unspecified atom stereocenters. The number of likely N-dealkylation sites (N-methyl/N-ethyl adjacent to an activating group) is 1. The molecule has 3 N–H and O–H groups in total. The van der Waals surface area contributed by atoms with Crippen LogP contribution in [0.25, 0.3) is 0 Å². The van der Waals surface area contributed by atoms with Crippen LogP contribution in [-0.2, 0) is 9.47 Å². The number of nitrogens with one attached hydrogen (secondary N) is 2. The first-order valence-corrected chi connectivity index (χ1v) is 10.9. The largest absolute Gasteiger partial charge is 0.392 e. The van der Waals surface area contributed by atoms with E-state index in [1.807, 2.05) is 7.05 Å². The normalized spacial score (nSPS) is 13.8. The molecule has 0 aromatic rings. The van der Waals surface area contributed by atoms with E-state index in [-0.39, 0.29) is 6.10 Å². The Balaban J connectivity index is 3.31. The van der Waals surface area contributed by atoms with Crippen molar-refractivity contribution in [1.29, 1.82) is 0 Å². The summed E-state index contributed by atoms with van der Waals surface area (Å²) in [6.45, 7) is 9.37. The van der Waals surface area contributed by atoms with Crippen LogP contribution in [0, 0.1) is 5.92 Å². The van der Waals surface area contributed by atoms with E-state index in [0.29, 0.717) is 32.3 Å². The molecule has 2 atom stereocenters. The van der Waals surface area contributed by atoms with Crippen molar-refractivity contribution in [3.8, 4) is 0 Å². The van der Waals surface area contributed by atoms with Crippen molar-refractivity contribution in [2.24, 2.45) is 5.92 Å². The maximum absolute atomic E-state index is 10.2. The van der Waals surface area contributed by atoms with Crippen LogP contribution in [0.3, 0.4) is 0 Å². The summed E-state index contributed by atoms with van der Waals surface area (Å²) in [6.07, 6.45) is 11.6. The van der Waals surface area contributed by atoms with E-state index in [2.05, 4.69) is 24.5 Å².